The maximum Gasteiger partial charge on any atom is 0.312 e. The lowest BCUT2D eigenvalue weighted by atomic mass is 10.0. The van der Waals surface area contributed by atoms with Gasteiger partial charge < -0.3 is 15.2 Å². The summed E-state index contributed by atoms with van der Waals surface area (Å²) in [6, 6.07) is 6.62. The highest BCUT2D eigenvalue weighted by atomic mass is 35.5. The predicted molar refractivity (Wildman–Crippen MR) is 106 cm³/mol. The molecule has 0 fully saturated rings. The molecule has 146 valence electrons. The molecule has 3 rings (SSSR count). The number of nitrogens with zero attached hydrogens (tertiary/aromatic N) is 4. The van der Waals surface area contributed by atoms with Crippen LogP contribution in [0, 0.1) is 6.92 Å². The monoisotopic (exact) mass is 421 g/mol. The third-order valence-electron chi connectivity index (χ3n) is 4.05. The summed E-state index contributed by atoms with van der Waals surface area (Å²) in [5.74, 6) is -0.817. The van der Waals surface area contributed by atoms with Crippen molar-refractivity contribution in [2.45, 2.75) is 12.8 Å². The number of pyridine rings is 1. The number of ether oxygens (including phenoxy) is 1. The van der Waals surface area contributed by atoms with E-state index in [1.165, 1.54) is 13.3 Å². The van der Waals surface area contributed by atoms with Gasteiger partial charge >= 0.3 is 5.97 Å². The van der Waals surface area contributed by atoms with Crippen LogP contribution in [0.25, 0.3) is 5.69 Å². The molecule has 1 unspecified atom stereocenters. The van der Waals surface area contributed by atoms with Crippen LogP contribution in [0.1, 0.15) is 17.3 Å². The fourth-order valence-corrected chi connectivity index (χ4v) is 3.21. The van der Waals surface area contributed by atoms with Crippen molar-refractivity contribution in [3.63, 3.8) is 0 Å². The number of carboxylic acid groups (broad SMARTS) is 1. The molecule has 0 aliphatic rings. The zero-order chi connectivity index (χ0) is 20.3. The first-order valence-corrected chi connectivity index (χ1v) is 8.99. The highest BCUT2D eigenvalue weighted by Crippen LogP contribution is 2.33. The molecule has 2 N–H and O–H groups in total. The first-order valence-electron chi connectivity index (χ1n) is 8.23. The van der Waals surface area contributed by atoms with Gasteiger partial charge in [-0.15, -0.1) is 0 Å². The smallest absolute Gasteiger partial charge is 0.312 e. The van der Waals surface area contributed by atoms with Gasteiger partial charge in [-0.2, -0.15) is 5.10 Å². The summed E-state index contributed by atoms with van der Waals surface area (Å²) < 4.78 is 6.55. The number of hydrogen-bond acceptors (Lipinski definition) is 6. The Morgan fingerprint density at radius 1 is 1.29 bits per heavy atom. The van der Waals surface area contributed by atoms with Crippen LogP contribution in [-0.4, -0.2) is 44.5 Å². The minimum absolute atomic E-state index is 0.0740. The number of aryl methyl sites for hydroxylation is 1. The Morgan fingerprint density at radius 2 is 2.00 bits per heavy atom. The lowest BCUT2D eigenvalue weighted by Crippen LogP contribution is -2.21. The second-order valence-electron chi connectivity index (χ2n) is 5.93. The number of rotatable bonds is 7. The number of nitrogens with one attached hydrogen (secondary N) is 1. The Hall–Kier alpha value is -2.84. The number of aromatic nitrogens is 4. The van der Waals surface area contributed by atoms with Gasteiger partial charge in [-0.1, -0.05) is 29.3 Å². The summed E-state index contributed by atoms with van der Waals surface area (Å²) in [4.78, 5) is 19.8. The van der Waals surface area contributed by atoms with Gasteiger partial charge in [-0.25, -0.2) is 14.6 Å². The third kappa shape index (κ3) is 4.35. The maximum absolute atomic E-state index is 11.7. The summed E-state index contributed by atoms with van der Waals surface area (Å²) in [5, 5.41) is 17.5. The SMILES string of the molecule is COc1ccc(C(CNc2c(Cl)cc(-n3cnc(C)n3)cc2Cl)C(=O)O)cn1. The minimum Gasteiger partial charge on any atom is -0.481 e. The van der Waals surface area contributed by atoms with Crippen molar-refractivity contribution in [3.8, 4) is 11.6 Å². The second kappa shape index (κ2) is 8.45. The highest BCUT2D eigenvalue weighted by Gasteiger charge is 2.21. The van der Waals surface area contributed by atoms with E-state index in [1.54, 1.807) is 42.2 Å². The molecule has 0 aliphatic carbocycles. The fourth-order valence-electron chi connectivity index (χ4n) is 2.60. The van der Waals surface area contributed by atoms with Crippen LogP contribution < -0.4 is 10.1 Å². The predicted octanol–water partition coefficient (Wildman–Crippen LogP) is 3.57. The van der Waals surface area contributed by atoms with Gasteiger partial charge in [0.15, 0.2) is 0 Å². The molecule has 0 saturated carbocycles. The molecule has 0 saturated heterocycles. The van der Waals surface area contributed by atoms with E-state index in [9.17, 15) is 9.90 Å². The van der Waals surface area contributed by atoms with Crippen molar-refractivity contribution in [1.82, 2.24) is 19.7 Å². The van der Waals surface area contributed by atoms with E-state index < -0.39 is 11.9 Å². The molecule has 2 heterocycles. The van der Waals surface area contributed by atoms with Crippen molar-refractivity contribution in [2.75, 3.05) is 19.0 Å². The Kier molecular flexibility index (Phi) is 6.01. The largest absolute Gasteiger partial charge is 0.481 e. The van der Waals surface area contributed by atoms with E-state index in [2.05, 4.69) is 20.4 Å². The average molecular weight is 422 g/mol. The molecular formula is C18H17Cl2N5O3. The van der Waals surface area contributed by atoms with Crippen molar-refractivity contribution in [1.29, 1.82) is 0 Å². The number of carboxylic acids is 1. The van der Waals surface area contributed by atoms with Crippen LogP contribution in [0.15, 0.2) is 36.8 Å². The van der Waals surface area contributed by atoms with Gasteiger partial charge in [0.05, 0.1) is 28.5 Å². The second-order valence-corrected chi connectivity index (χ2v) is 6.74. The number of aliphatic carboxylic acids is 1. The first-order chi connectivity index (χ1) is 13.4. The van der Waals surface area contributed by atoms with Crippen LogP contribution in [0.5, 0.6) is 5.88 Å². The highest BCUT2D eigenvalue weighted by molar-refractivity contribution is 6.39. The average Bonchev–Trinajstić information content (AvgIpc) is 3.10. The molecular weight excluding hydrogens is 405 g/mol. The van der Waals surface area contributed by atoms with Crippen LogP contribution in [-0.2, 0) is 4.79 Å². The van der Waals surface area contributed by atoms with E-state index in [0.717, 1.165) is 0 Å². The summed E-state index contributed by atoms with van der Waals surface area (Å²) in [6.45, 7) is 1.85. The molecule has 0 radical (unpaired) electrons. The zero-order valence-electron chi connectivity index (χ0n) is 15.1. The van der Waals surface area contributed by atoms with Gasteiger partial charge in [0, 0.05) is 18.8 Å². The number of carbonyl (C=O) groups is 1. The Bertz CT molecular complexity index is 968. The number of halogens is 2. The van der Waals surface area contributed by atoms with Crippen molar-refractivity contribution in [2.24, 2.45) is 0 Å². The Balaban J connectivity index is 1.80. The van der Waals surface area contributed by atoms with E-state index in [-0.39, 0.29) is 6.54 Å². The van der Waals surface area contributed by atoms with E-state index in [4.69, 9.17) is 27.9 Å². The molecule has 0 spiro atoms. The summed E-state index contributed by atoms with van der Waals surface area (Å²) in [5.41, 5.74) is 1.62. The molecule has 1 atom stereocenters. The molecule has 28 heavy (non-hydrogen) atoms. The number of methoxy groups -OCH3 is 1. The third-order valence-corrected chi connectivity index (χ3v) is 4.65. The van der Waals surface area contributed by atoms with E-state index in [1.807, 2.05) is 0 Å². The summed E-state index contributed by atoms with van der Waals surface area (Å²) >= 11 is 12.7. The lowest BCUT2D eigenvalue weighted by molar-refractivity contribution is -0.138. The summed E-state index contributed by atoms with van der Waals surface area (Å²) in [6.07, 6.45) is 3.03. The zero-order valence-corrected chi connectivity index (χ0v) is 16.6. The van der Waals surface area contributed by atoms with Crippen molar-refractivity contribution in [3.05, 3.63) is 58.2 Å². The van der Waals surface area contributed by atoms with Crippen molar-refractivity contribution >= 4 is 34.9 Å². The quantitative estimate of drug-likeness (QED) is 0.600. The maximum atomic E-state index is 11.7. The van der Waals surface area contributed by atoms with Gasteiger partial charge in [-0.3, -0.25) is 4.79 Å². The van der Waals surface area contributed by atoms with Crippen LogP contribution in [0.4, 0.5) is 5.69 Å². The van der Waals surface area contributed by atoms with Crippen LogP contribution in [0.3, 0.4) is 0 Å². The fraction of sp³-hybridized carbons (Fsp3) is 0.222. The first kappa shape index (κ1) is 19.9. The molecule has 0 aliphatic heterocycles. The van der Waals surface area contributed by atoms with Gasteiger partial charge in [-0.05, 0) is 24.6 Å². The van der Waals surface area contributed by atoms with Gasteiger partial charge in [0.1, 0.15) is 18.1 Å². The number of hydrogen-bond donors (Lipinski definition) is 2. The minimum atomic E-state index is -0.999. The molecule has 3 aromatic rings. The van der Waals surface area contributed by atoms with Gasteiger partial charge in [0.2, 0.25) is 5.88 Å². The number of benzene rings is 1. The molecule has 2 aromatic heterocycles. The normalized spacial score (nSPS) is 11.9. The van der Waals surface area contributed by atoms with Gasteiger partial charge in [0.25, 0.3) is 0 Å². The molecule has 0 bridgehead atoms. The van der Waals surface area contributed by atoms with E-state index in [0.29, 0.717) is 38.7 Å². The number of anilines is 1. The van der Waals surface area contributed by atoms with Crippen LogP contribution >= 0.6 is 23.2 Å². The van der Waals surface area contributed by atoms with Crippen LogP contribution in [0.2, 0.25) is 10.0 Å². The lowest BCUT2D eigenvalue weighted by Gasteiger charge is -2.17. The standard InChI is InChI=1S/C18H17Cl2N5O3/c1-10-23-9-25(24-10)12-5-14(19)17(15(20)6-12)22-8-13(18(26)27)11-3-4-16(28-2)21-7-11/h3-7,9,13,22H,8H2,1-2H3,(H,26,27). The molecule has 8 nitrogen and oxygen atoms in total. The summed E-state index contributed by atoms with van der Waals surface area (Å²) in [7, 11) is 1.49. The Labute approximate surface area is 171 Å². The Morgan fingerprint density at radius 3 is 2.50 bits per heavy atom. The van der Waals surface area contributed by atoms with E-state index >= 15 is 0 Å². The molecule has 1 aromatic carbocycles. The molecule has 0 amide bonds. The topological polar surface area (TPSA) is 102 Å². The van der Waals surface area contributed by atoms with Crippen molar-refractivity contribution < 1.29 is 14.6 Å². The molecule has 10 heteroatoms.